The molecule has 23 heavy (non-hydrogen) atoms. The summed E-state index contributed by atoms with van der Waals surface area (Å²) in [5.74, 6) is -0.913. The molecule has 0 aliphatic carbocycles. The second kappa shape index (κ2) is 5.73. The minimum absolute atomic E-state index is 0.0274. The quantitative estimate of drug-likeness (QED) is 0.679. The van der Waals surface area contributed by atoms with Crippen LogP contribution in [0, 0.1) is 0 Å². The zero-order chi connectivity index (χ0) is 16.6. The summed E-state index contributed by atoms with van der Waals surface area (Å²) in [5, 5.41) is 14.5. The molecule has 0 bridgehead atoms. The summed E-state index contributed by atoms with van der Waals surface area (Å²) >= 11 is 0. The summed E-state index contributed by atoms with van der Waals surface area (Å²) in [6.07, 6.45) is 1.21. The molecular weight excluding hydrogens is 300 g/mol. The van der Waals surface area contributed by atoms with Crippen LogP contribution in [0.5, 0.6) is 0 Å². The number of amides is 4. The Balaban J connectivity index is 1.80. The van der Waals surface area contributed by atoms with Crippen LogP contribution in [0.4, 0.5) is 16.2 Å². The summed E-state index contributed by atoms with van der Waals surface area (Å²) < 4.78 is 0. The van der Waals surface area contributed by atoms with Gasteiger partial charge in [-0.25, -0.2) is 4.79 Å². The summed E-state index contributed by atoms with van der Waals surface area (Å²) in [6, 6.07) is 5.17. The summed E-state index contributed by atoms with van der Waals surface area (Å²) in [6.45, 7) is 0.0976. The van der Waals surface area contributed by atoms with E-state index in [4.69, 9.17) is 5.11 Å². The highest BCUT2D eigenvalue weighted by molar-refractivity contribution is 6.17. The van der Waals surface area contributed by atoms with Crippen LogP contribution in [0.1, 0.15) is 5.56 Å². The second-order valence-electron chi connectivity index (χ2n) is 5.26. The minimum Gasteiger partial charge on any atom is -0.395 e. The van der Waals surface area contributed by atoms with E-state index in [9.17, 15) is 14.4 Å². The molecule has 3 rings (SSSR count). The first-order chi connectivity index (χ1) is 11.0. The number of hydrogen-bond acceptors (Lipinski definition) is 5. The first-order valence-electron chi connectivity index (χ1n) is 7.11. The van der Waals surface area contributed by atoms with Crippen LogP contribution in [0.2, 0.25) is 0 Å². The summed E-state index contributed by atoms with van der Waals surface area (Å²) in [4.78, 5) is 37.9. The SMILES string of the molecule is CN1C(=O)NCc2cc(NC3=CC(=O)N(CCO)C3=O)ccc21. The van der Waals surface area contributed by atoms with Gasteiger partial charge in [0.1, 0.15) is 5.70 Å². The maximum Gasteiger partial charge on any atom is 0.321 e. The third kappa shape index (κ3) is 2.64. The lowest BCUT2D eigenvalue weighted by Crippen LogP contribution is -2.41. The predicted molar refractivity (Wildman–Crippen MR) is 82.6 cm³/mol. The van der Waals surface area contributed by atoms with Gasteiger partial charge in [-0.1, -0.05) is 0 Å². The molecule has 0 fully saturated rings. The third-order valence-electron chi connectivity index (χ3n) is 3.79. The third-order valence-corrected chi connectivity index (χ3v) is 3.79. The number of rotatable bonds is 4. The van der Waals surface area contributed by atoms with Gasteiger partial charge in [0.25, 0.3) is 11.8 Å². The number of anilines is 2. The fourth-order valence-corrected chi connectivity index (χ4v) is 2.60. The number of imide groups is 1. The van der Waals surface area contributed by atoms with Crippen LogP contribution in [-0.4, -0.2) is 48.1 Å². The van der Waals surface area contributed by atoms with E-state index in [1.165, 1.54) is 11.0 Å². The first-order valence-corrected chi connectivity index (χ1v) is 7.11. The molecule has 1 aromatic carbocycles. The average Bonchev–Trinajstić information content (AvgIpc) is 2.79. The number of fused-ring (bicyclic) bond motifs is 1. The van der Waals surface area contributed by atoms with Crippen molar-refractivity contribution in [3.05, 3.63) is 35.5 Å². The van der Waals surface area contributed by atoms with Gasteiger partial charge in [0.15, 0.2) is 0 Å². The van der Waals surface area contributed by atoms with Crippen molar-refractivity contribution in [2.45, 2.75) is 6.54 Å². The van der Waals surface area contributed by atoms with Crippen LogP contribution in [0.25, 0.3) is 0 Å². The van der Waals surface area contributed by atoms with Crippen molar-refractivity contribution < 1.29 is 19.5 Å². The number of aliphatic hydroxyl groups is 1. The number of carbonyl (C=O) groups is 3. The van der Waals surface area contributed by atoms with E-state index in [-0.39, 0.29) is 24.9 Å². The van der Waals surface area contributed by atoms with Crippen molar-refractivity contribution >= 4 is 29.2 Å². The monoisotopic (exact) mass is 316 g/mol. The number of aliphatic hydroxyl groups excluding tert-OH is 1. The molecule has 8 nitrogen and oxygen atoms in total. The first kappa shape index (κ1) is 15.0. The van der Waals surface area contributed by atoms with Gasteiger partial charge in [-0.15, -0.1) is 0 Å². The van der Waals surface area contributed by atoms with E-state index in [0.717, 1.165) is 16.2 Å². The highest BCUT2D eigenvalue weighted by Crippen LogP contribution is 2.27. The molecule has 4 amide bonds. The fraction of sp³-hybridized carbons (Fsp3) is 0.267. The minimum atomic E-state index is -0.466. The smallest absolute Gasteiger partial charge is 0.321 e. The van der Waals surface area contributed by atoms with Gasteiger partial charge in [-0.2, -0.15) is 0 Å². The standard InChI is InChI=1S/C15H16N4O4/c1-18-12-3-2-10(6-9(12)8-16-15(18)23)17-11-7-13(21)19(4-5-20)14(11)22/h2-3,6-7,17,20H,4-5,8H2,1H3,(H,16,23). The summed E-state index contributed by atoms with van der Waals surface area (Å²) in [7, 11) is 1.68. The predicted octanol–water partition coefficient (Wildman–Crippen LogP) is 0.00290. The maximum atomic E-state index is 12.1. The highest BCUT2D eigenvalue weighted by Gasteiger charge is 2.30. The largest absolute Gasteiger partial charge is 0.395 e. The van der Waals surface area contributed by atoms with Crippen LogP contribution >= 0.6 is 0 Å². The lowest BCUT2D eigenvalue weighted by atomic mass is 10.1. The van der Waals surface area contributed by atoms with E-state index in [1.807, 2.05) is 6.07 Å². The Hall–Kier alpha value is -2.87. The second-order valence-corrected chi connectivity index (χ2v) is 5.26. The molecule has 0 spiro atoms. The average molecular weight is 316 g/mol. The molecule has 0 unspecified atom stereocenters. The van der Waals surface area contributed by atoms with Crippen molar-refractivity contribution in [1.82, 2.24) is 10.2 Å². The number of β-amino-alcohol motifs (C(OH)–C–C–N with tert-alkyl or cyclic N) is 1. The zero-order valence-corrected chi connectivity index (χ0v) is 12.5. The number of nitrogens with one attached hydrogen (secondary N) is 2. The van der Waals surface area contributed by atoms with Gasteiger partial charge in [-0.3, -0.25) is 19.4 Å². The maximum absolute atomic E-state index is 12.1. The molecular formula is C15H16N4O4. The Labute approximate surface area is 132 Å². The molecule has 1 aromatic rings. The number of hydrogen-bond donors (Lipinski definition) is 3. The molecule has 2 heterocycles. The number of urea groups is 1. The zero-order valence-electron chi connectivity index (χ0n) is 12.5. The molecule has 2 aliphatic heterocycles. The van der Waals surface area contributed by atoms with Crippen molar-refractivity contribution in [3.63, 3.8) is 0 Å². The van der Waals surface area contributed by atoms with Crippen LogP contribution < -0.4 is 15.5 Å². The van der Waals surface area contributed by atoms with Gasteiger partial charge < -0.3 is 15.7 Å². The number of nitrogens with zero attached hydrogens (tertiary/aromatic N) is 2. The van der Waals surface area contributed by atoms with Gasteiger partial charge in [0.2, 0.25) is 0 Å². The van der Waals surface area contributed by atoms with E-state index in [2.05, 4.69) is 10.6 Å². The van der Waals surface area contributed by atoms with Gasteiger partial charge >= 0.3 is 6.03 Å². The molecule has 120 valence electrons. The Kier molecular flexibility index (Phi) is 3.75. The van der Waals surface area contributed by atoms with Crippen molar-refractivity contribution in [2.75, 3.05) is 30.4 Å². The Morgan fingerprint density at radius 2 is 2.09 bits per heavy atom. The van der Waals surface area contributed by atoms with Gasteiger partial charge in [-0.05, 0) is 23.8 Å². The molecule has 3 N–H and O–H groups in total. The molecule has 0 aromatic heterocycles. The molecule has 0 saturated carbocycles. The van der Waals surface area contributed by atoms with Crippen molar-refractivity contribution in [2.24, 2.45) is 0 Å². The highest BCUT2D eigenvalue weighted by atomic mass is 16.3. The Morgan fingerprint density at radius 1 is 1.30 bits per heavy atom. The van der Waals surface area contributed by atoms with E-state index in [0.29, 0.717) is 12.2 Å². The van der Waals surface area contributed by atoms with Crippen LogP contribution in [0.3, 0.4) is 0 Å². The fourth-order valence-electron chi connectivity index (χ4n) is 2.60. The van der Waals surface area contributed by atoms with Crippen LogP contribution in [0.15, 0.2) is 30.0 Å². The summed E-state index contributed by atoms with van der Waals surface area (Å²) in [5.41, 5.74) is 2.51. The molecule has 0 saturated heterocycles. The van der Waals surface area contributed by atoms with E-state index >= 15 is 0 Å². The lowest BCUT2D eigenvalue weighted by Gasteiger charge is -2.27. The molecule has 0 atom stereocenters. The molecule has 0 radical (unpaired) electrons. The normalized spacial score (nSPS) is 17.1. The van der Waals surface area contributed by atoms with Crippen LogP contribution in [-0.2, 0) is 16.1 Å². The van der Waals surface area contributed by atoms with Crippen molar-refractivity contribution in [1.29, 1.82) is 0 Å². The molecule has 8 heteroatoms. The van der Waals surface area contributed by atoms with Crippen molar-refractivity contribution in [3.8, 4) is 0 Å². The van der Waals surface area contributed by atoms with E-state index in [1.54, 1.807) is 19.2 Å². The Morgan fingerprint density at radius 3 is 2.83 bits per heavy atom. The number of carbonyl (C=O) groups excluding carboxylic acids is 3. The molecule has 2 aliphatic rings. The van der Waals surface area contributed by atoms with Gasteiger partial charge in [0.05, 0.1) is 18.8 Å². The topological polar surface area (TPSA) is 102 Å². The Bertz CT molecular complexity index is 728. The lowest BCUT2D eigenvalue weighted by molar-refractivity contribution is -0.137. The van der Waals surface area contributed by atoms with E-state index < -0.39 is 11.8 Å². The number of benzene rings is 1. The van der Waals surface area contributed by atoms with Gasteiger partial charge in [0, 0.05) is 25.4 Å².